The maximum absolute atomic E-state index is 12.7. The van der Waals surface area contributed by atoms with E-state index >= 15 is 0 Å². The fourth-order valence-corrected chi connectivity index (χ4v) is 5.67. The summed E-state index contributed by atoms with van der Waals surface area (Å²) in [6.45, 7) is 7.57. The van der Waals surface area contributed by atoms with Crippen LogP contribution in [0.1, 0.15) is 90.5 Å². The number of nitrogens with zero attached hydrogens (tertiary/aromatic N) is 6. The van der Waals surface area contributed by atoms with Crippen LogP contribution in [0, 0.1) is 39.9 Å². The van der Waals surface area contributed by atoms with Gasteiger partial charge in [-0.25, -0.2) is 0 Å². The zero-order valence-electron chi connectivity index (χ0n) is 31.5. The van der Waals surface area contributed by atoms with Gasteiger partial charge in [0, 0.05) is 12.1 Å². The van der Waals surface area contributed by atoms with Gasteiger partial charge in [0.2, 0.25) is 0 Å². The van der Waals surface area contributed by atoms with Crippen LogP contribution in [-0.4, -0.2) is 44.1 Å². The van der Waals surface area contributed by atoms with E-state index in [9.17, 15) is 19.6 Å². The number of carbonyl (C=O) groups excluding carboxylic acids is 3. The predicted molar refractivity (Wildman–Crippen MR) is 206 cm³/mol. The molecule has 0 saturated carbocycles. The van der Waals surface area contributed by atoms with Crippen LogP contribution in [0.2, 0.25) is 0 Å². The minimum absolute atomic E-state index is 0.0593. The van der Waals surface area contributed by atoms with Crippen LogP contribution in [0.25, 0.3) is 6.08 Å². The molecule has 1 unspecified atom stereocenters. The van der Waals surface area contributed by atoms with Gasteiger partial charge in [0.1, 0.15) is 31.4 Å². The number of hydrogen-bond donors (Lipinski definition) is 1. The average Bonchev–Trinajstić information content (AvgIpc) is 3.51. The fourth-order valence-electron chi connectivity index (χ4n) is 5.67. The first-order valence-corrected chi connectivity index (χ1v) is 18.7. The standard InChI is InChI=1S/C42H49N7O5/c1-4-7-9-10-11-13-39(50)53-26-24-49(25-27-54-42(52)32(6-3)12-8-5-2)36-21-19-35(20-22-36)48-47-34-17-14-31(15-18-34)16-23-37-38(30-45)40(46-41(37)51)33(28-43)29-44/h14-23,32H,4-13,24-27H2,1-3H3,(H,46,51)/b23-16+,48-47?. The number of esters is 2. The number of nitriles is 3. The highest BCUT2D eigenvalue weighted by atomic mass is 16.5. The Labute approximate surface area is 318 Å². The second kappa shape index (κ2) is 23.5. The van der Waals surface area contributed by atoms with Crippen molar-refractivity contribution in [1.29, 1.82) is 15.8 Å². The topological polar surface area (TPSA) is 181 Å². The number of benzene rings is 2. The minimum Gasteiger partial charge on any atom is -0.464 e. The molecule has 12 nitrogen and oxygen atoms in total. The largest absolute Gasteiger partial charge is 0.464 e. The highest BCUT2D eigenvalue weighted by molar-refractivity contribution is 6.05. The molecular weight excluding hydrogens is 683 g/mol. The van der Waals surface area contributed by atoms with Crippen LogP contribution in [0.4, 0.5) is 17.1 Å². The van der Waals surface area contributed by atoms with Gasteiger partial charge in [0.15, 0.2) is 5.57 Å². The molecule has 54 heavy (non-hydrogen) atoms. The third-order valence-electron chi connectivity index (χ3n) is 8.87. The highest BCUT2D eigenvalue weighted by Crippen LogP contribution is 2.26. The number of ether oxygens (including phenoxy) is 2. The lowest BCUT2D eigenvalue weighted by Gasteiger charge is -2.25. The monoisotopic (exact) mass is 731 g/mol. The molecule has 3 rings (SSSR count). The molecule has 1 heterocycles. The lowest BCUT2D eigenvalue weighted by Crippen LogP contribution is -2.32. The summed E-state index contributed by atoms with van der Waals surface area (Å²) in [7, 11) is 0. The molecule has 0 aromatic heterocycles. The van der Waals surface area contributed by atoms with Crippen molar-refractivity contribution in [3.8, 4) is 18.2 Å². The summed E-state index contributed by atoms with van der Waals surface area (Å²) in [4.78, 5) is 39.5. The van der Waals surface area contributed by atoms with Gasteiger partial charge >= 0.3 is 11.9 Å². The number of carbonyl (C=O) groups is 3. The Morgan fingerprint density at radius 1 is 0.815 bits per heavy atom. The number of anilines is 1. The Kier molecular flexibility index (Phi) is 18.4. The number of rotatable bonds is 22. The molecule has 1 aliphatic rings. The van der Waals surface area contributed by atoms with E-state index in [0.29, 0.717) is 30.9 Å². The van der Waals surface area contributed by atoms with E-state index in [1.165, 1.54) is 12.5 Å². The maximum Gasteiger partial charge on any atom is 0.308 e. The number of azo groups is 1. The summed E-state index contributed by atoms with van der Waals surface area (Å²) < 4.78 is 11.2. The van der Waals surface area contributed by atoms with Crippen molar-refractivity contribution in [2.24, 2.45) is 16.1 Å². The Bertz CT molecular complexity index is 1810. The van der Waals surface area contributed by atoms with Crippen molar-refractivity contribution in [3.63, 3.8) is 0 Å². The van der Waals surface area contributed by atoms with E-state index in [0.717, 1.165) is 62.6 Å². The molecule has 2 aromatic carbocycles. The molecule has 0 spiro atoms. The molecule has 282 valence electrons. The van der Waals surface area contributed by atoms with E-state index in [-0.39, 0.29) is 53.5 Å². The first-order chi connectivity index (χ1) is 26.3. The Balaban J connectivity index is 1.64. The summed E-state index contributed by atoms with van der Waals surface area (Å²) in [5.41, 5.74) is 2.36. The molecule has 2 aromatic rings. The molecule has 1 N–H and O–H groups in total. The maximum atomic E-state index is 12.7. The molecule has 1 aliphatic heterocycles. The molecule has 0 aliphatic carbocycles. The number of unbranched alkanes of at least 4 members (excludes halogenated alkanes) is 5. The highest BCUT2D eigenvalue weighted by Gasteiger charge is 2.28. The Morgan fingerprint density at radius 3 is 2.02 bits per heavy atom. The van der Waals surface area contributed by atoms with Crippen molar-refractivity contribution >= 4 is 41.0 Å². The predicted octanol–water partition coefficient (Wildman–Crippen LogP) is 8.84. The second-order valence-corrected chi connectivity index (χ2v) is 12.8. The fraction of sp³-hybridized carbons (Fsp3) is 0.429. The summed E-state index contributed by atoms with van der Waals surface area (Å²) in [5, 5.41) is 38.9. The minimum atomic E-state index is -0.571. The van der Waals surface area contributed by atoms with E-state index in [4.69, 9.17) is 20.0 Å². The van der Waals surface area contributed by atoms with Gasteiger partial charge in [-0.05, 0) is 67.3 Å². The van der Waals surface area contributed by atoms with Crippen molar-refractivity contribution in [2.45, 2.75) is 85.0 Å². The van der Waals surface area contributed by atoms with E-state index in [1.807, 2.05) is 42.2 Å². The van der Waals surface area contributed by atoms with E-state index in [1.54, 1.807) is 42.5 Å². The molecule has 0 fully saturated rings. The van der Waals surface area contributed by atoms with Crippen molar-refractivity contribution < 1.29 is 23.9 Å². The lowest BCUT2D eigenvalue weighted by atomic mass is 10.00. The van der Waals surface area contributed by atoms with Crippen molar-refractivity contribution in [3.05, 3.63) is 82.6 Å². The van der Waals surface area contributed by atoms with Crippen LogP contribution < -0.4 is 10.2 Å². The molecule has 12 heteroatoms. The van der Waals surface area contributed by atoms with Gasteiger partial charge in [0.05, 0.1) is 47.2 Å². The van der Waals surface area contributed by atoms with Crippen LogP contribution in [0.5, 0.6) is 0 Å². The third-order valence-corrected chi connectivity index (χ3v) is 8.87. The van der Waals surface area contributed by atoms with Crippen LogP contribution >= 0.6 is 0 Å². The van der Waals surface area contributed by atoms with E-state index < -0.39 is 5.91 Å². The Hall–Kier alpha value is -6.06. The molecular formula is C42H49N7O5. The smallest absolute Gasteiger partial charge is 0.308 e. The van der Waals surface area contributed by atoms with Crippen LogP contribution in [0.3, 0.4) is 0 Å². The zero-order valence-corrected chi connectivity index (χ0v) is 31.5. The number of amides is 1. The van der Waals surface area contributed by atoms with Gasteiger partial charge in [-0.2, -0.15) is 26.0 Å². The zero-order chi connectivity index (χ0) is 39.1. The third kappa shape index (κ3) is 13.5. The lowest BCUT2D eigenvalue weighted by molar-refractivity contribution is -0.148. The number of nitrogens with one attached hydrogen (secondary N) is 1. The van der Waals surface area contributed by atoms with Crippen LogP contribution in [0.15, 0.2) is 87.3 Å². The van der Waals surface area contributed by atoms with Gasteiger partial charge in [-0.1, -0.05) is 77.5 Å². The quantitative estimate of drug-likeness (QED) is 0.0535. The molecule has 1 atom stereocenters. The molecule has 0 radical (unpaired) electrons. The first kappa shape index (κ1) is 42.4. The number of allylic oxidation sites excluding steroid dienone is 2. The molecule has 0 bridgehead atoms. The second-order valence-electron chi connectivity index (χ2n) is 12.8. The van der Waals surface area contributed by atoms with Crippen molar-refractivity contribution in [1.82, 2.24) is 5.32 Å². The van der Waals surface area contributed by atoms with E-state index in [2.05, 4.69) is 29.4 Å². The van der Waals surface area contributed by atoms with Gasteiger partial charge < -0.3 is 19.7 Å². The molecule has 1 amide bonds. The summed E-state index contributed by atoms with van der Waals surface area (Å²) in [5.74, 6) is -1.06. The first-order valence-electron chi connectivity index (χ1n) is 18.7. The summed E-state index contributed by atoms with van der Waals surface area (Å²) in [6.07, 6.45) is 12.4. The van der Waals surface area contributed by atoms with Crippen LogP contribution in [-0.2, 0) is 23.9 Å². The van der Waals surface area contributed by atoms with Gasteiger partial charge in [-0.15, -0.1) is 0 Å². The van der Waals surface area contributed by atoms with Crippen molar-refractivity contribution in [2.75, 3.05) is 31.2 Å². The molecule has 0 saturated heterocycles. The van der Waals surface area contributed by atoms with Gasteiger partial charge in [-0.3, -0.25) is 14.4 Å². The SMILES string of the molecule is CCCCCCCC(=O)OCCN(CCOC(=O)C(CC)CCCC)c1ccc(N=Nc2ccc(/C=C/C3=C(C#N)C(=C(C#N)C#N)NC3=O)cc2)cc1. The number of hydrogen-bond acceptors (Lipinski definition) is 11. The summed E-state index contributed by atoms with van der Waals surface area (Å²) in [6, 6.07) is 19.8. The normalized spacial score (nSPS) is 13.0. The summed E-state index contributed by atoms with van der Waals surface area (Å²) >= 11 is 0. The van der Waals surface area contributed by atoms with Gasteiger partial charge in [0.25, 0.3) is 5.91 Å². The average molecular weight is 732 g/mol. The Morgan fingerprint density at radius 2 is 1.43 bits per heavy atom.